The number of benzene rings is 1. The van der Waals surface area contributed by atoms with Gasteiger partial charge in [0.2, 0.25) is 0 Å². The van der Waals surface area contributed by atoms with E-state index in [9.17, 15) is 4.39 Å². The van der Waals surface area contributed by atoms with Gasteiger partial charge >= 0.3 is 0 Å². The molecule has 4 aromatic rings. The third kappa shape index (κ3) is 2.94. The van der Waals surface area contributed by atoms with Gasteiger partial charge in [0.05, 0.1) is 27.1 Å². The maximum atomic E-state index is 14.2. The first-order chi connectivity index (χ1) is 12.1. The fourth-order valence-corrected chi connectivity index (χ4v) is 3.55. The maximum absolute atomic E-state index is 14.2. The van der Waals surface area contributed by atoms with Crippen molar-refractivity contribution >= 4 is 27.2 Å². The molecule has 7 heteroatoms. The van der Waals surface area contributed by atoms with Crippen LogP contribution in [-0.4, -0.2) is 21.6 Å². The molecule has 1 aromatic carbocycles. The van der Waals surface area contributed by atoms with Crippen LogP contribution in [0.2, 0.25) is 0 Å². The number of aromatic nitrogens is 3. The van der Waals surface area contributed by atoms with E-state index in [-0.39, 0.29) is 5.75 Å². The number of fused-ring (bicyclic) bond motifs is 1. The van der Waals surface area contributed by atoms with E-state index in [1.165, 1.54) is 17.4 Å². The Bertz CT molecular complexity index is 1060. The van der Waals surface area contributed by atoms with Crippen LogP contribution >= 0.6 is 11.3 Å². The summed E-state index contributed by atoms with van der Waals surface area (Å²) in [4.78, 5) is 9.74. The van der Waals surface area contributed by atoms with E-state index in [1.54, 1.807) is 37.8 Å². The number of anilines is 1. The number of pyridine rings is 1. The molecule has 5 nitrogen and oxygen atoms in total. The Kier molecular flexibility index (Phi) is 3.85. The lowest BCUT2D eigenvalue weighted by atomic mass is 10.3. The molecule has 1 N–H and O–H groups in total. The number of rotatable bonds is 4. The molecule has 3 aromatic heterocycles. The van der Waals surface area contributed by atoms with Gasteiger partial charge in [-0.2, -0.15) is 0 Å². The number of imidazole rings is 1. The van der Waals surface area contributed by atoms with E-state index in [0.717, 1.165) is 20.8 Å². The smallest absolute Gasteiger partial charge is 0.167 e. The second-order valence-electron chi connectivity index (χ2n) is 5.56. The van der Waals surface area contributed by atoms with Gasteiger partial charge in [-0.05, 0) is 18.2 Å². The lowest BCUT2D eigenvalue weighted by molar-refractivity contribution is 0.447. The first-order valence-electron chi connectivity index (χ1n) is 7.66. The Balaban J connectivity index is 1.74. The van der Waals surface area contributed by atoms with Crippen molar-refractivity contribution in [1.82, 2.24) is 14.5 Å². The van der Waals surface area contributed by atoms with Crippen molar-refractivity contribution in [2.75, 3.05) is 12.4 Å². The summed E-state index contributed by atoms with van der Waals surface area (Å²) in [5.74, 6) is 0.339. The maximum Gasteiger partial charge on any atom is 0.167 e. The molecule has 0 amide bonds. The number of nitrogens with zero attached hydrogens (tertiary/aromatic N) is 3. The lowest BCUT2D eigenvalue weighted by Crippen LogP contribution is -1.92. The van der Waals surface area contributed by atoms with Crippen LogP contribution in [0.25, 0.3) is 20.8 Å². The quantitative estimate of drug-likeness (QED) is 0.579. The van der Waals surface area contributed by atoms with Gasteiger partial charge < -0.3 is 14.6 Å². The molecule has 0 bridgehead atoms. The number of nitrogens with one attached hydrogen (secondary N) is 1. The van der Waals surface area contributed by atoms with Gasteiger partial charge in [-0.15, -0.1) is 11.3 Å². The second kappa shape index (κ2) is 6.18. The third-order valence-corrected chi connectivity index (χ3v) is 4.93. The Morgan fingerprint density at radius 1 is 1.16 bits per heavy atom. The highest BCUT2D eigenvalue weighted by molar-refractivity contribution is 7.22. The molecular weight excluding hydrogens is 339 g/mol. The topological polar surface area (TPSA) is 52.0 Å². The highest BCUT2D eigenvalue weighted by Crippen LogP contribution is 2.39. The predicted molar refractivity (Wildman–Crippen MR) is 97.8 cm³/mol. The van der Waals surface area contributed by atoms with Crippen molar-refractivity contribution in [1.29, 1.82) is 0 Å². The summed E-state index contributed by atoms with van der Waals surface area (Å²) in [5, 5.41) is 2.90. The van der Waals surface area contributed by atoms with Crippen LogP contribution in [-0.2, 0) is 7.05 Å². The van der Waals surface area contributed by atoms with Gasteiger partial charge in [0, 0.05) is 44.3 Å². The van der Waals surface area contributed by atoms with Crippen LogP contribution in [0.1, 0.15) is 0 Å². The molecular formula is C18H15FN4OS. The molecule has 25 heavy (non-hydrogen) atoms. The fraction of sp³-hybridized carbons (Fsp3) is 0.111. The average molecular weight is 354 g/mol. The van der Waals surface area contributed by atoms with Crippen molar-refractivity contribution < 1.29 is 9.13 Å². The normalized spacial score (nSPS) is 11.0. The van der Waals surface area contributed by atoms with Crippen LogP contribution < -0.4 is 10.1 Å². The second-order valence-corrected chi connectivity index (χ2v) is 6.61. The van der Waals surface area contributed by atoms with Crippen molar-refractivity contribution in [3.8, 4) is 22.1 Å². The van der Waals surface area contributed by atoms with E-state index in [2.05, 4.69) is 15.3 Å². The molecule has 126 valence electrons. The number of hydrogen-bond donors (Lipinski definition) is 1. The number of thiophene rings is 1. The molecule has 0 spiro atoms. The average Bonchev–Trinajstić information content (AvgIpc) is 3.23. The van der Waals surface area contributed by atoms with Gasteiger partial charge in [0.15, 0.2) is 11.6 Å². The SMILES string of the molecule is CNc1ccc(Oc2ccnc3cc(-c4cn(C)cn4)sc23)c(F)c1. The van der Waals surface area contributed by atoms with Gasteiger partial charge in [-0.25, -0.2) is 9.37 Å². The lowest BCUT2D eigenvalue weighted by Gasteiger charge is -2.08. The molecule has 0 radical (unpaired) electrons. The fourth-order valence-electron chi connectivity index (χ4n) is 2.52. The largest absolute Gasteiger partial charge is 0.453 e. The summed E-state index contributed by atoms with van der Waals surface area (Å²) in [6, 6.07) is 8.49. The molecule has 0 saturated heterocycles. The van der Waals surface area contributed by atoms with Crippen molar-refractivity contribution in [3.63, 3.8) is 0 Å². The van der Waals surface area contributed by atoms with Crippen LogP contribution in [0.3, 0.4) is 0 Å². The molecule has 0 unspecified atom stereocenters. The molecule has 0 aliphatic heterocycles. The molecule has 0 aliphatic carbocycles. The minimum atomic E-state index is -0.418. The van der Waals surface area contributed by atoms with E-state index >= 15 is 0 Å². The Morgan fingerprint density at radius 3 is 2.76 bits per heavy atom. The van der Waals surface area contributed by atoms with Gasteiger partial charge in [-0.3, -0.25) is 4.98 Å². The number of ether oxygens (including phenoxy) is 1. The molecule has 3 heterocycles. The molecule has 0 saturated carbocycles. The molecule has 0 aliphatic rings. The Labute approximate surface area is 147 Å². The van der Waals surface area contributed by atoms with E-state index in [0.29, 0.717) is 11.4 Å². The van der Waals surface area contributed by atoms with E-state index < -0.39 is 5.82 Å². The summed E-state index contributed by atoms with van der Waals surface area (Å²) >= 11 is 1.52. The Hall–Kier alpha value is -2.93. The van der Waals surface area contributed by atoms with Crippen LogP contribution in [0.5, 0.6) is 11.5 Å². The minimum Gasteiger partial charge on any atom is -0.453 e. The molecule has 0 fully saturated rings. The van der Waals surface area contributed by atoms with Crippen LogP contribution in [0, 0.1) is 5.82 Å². The number of hydrogen-bond acceptors (Lipinski definition) is 5. The zero-order valence-corrected chi connectivity index (χ0v) is 14.5. The highest BCUT2D eigenvalue weighted by Gasteiger charge is 2.13. The van der Waals surface area contributed by atoms with E-state index in [1.807, 2.05) is 23.9 Å². The highest BCUT2D eigenvalue weighted by atomic mass is 32.1. The van der Waals surface area contributed by atoms with Crippen molar-refractivity contribution in [2.24, 2.45) is 7.05 Å². The zero-order chi connectivity index (χ0) is 17.4. The summed E-state index contributed by atoms with van der Waals surface area (Å²) in [7, 11) is 3.67. The predicted octanol–water partition coefficient (Wildman–Crippen LogP) is 4.67. The summed E-state index contributed by atoms with van der Waals surface area (Å²) in [6.45, 7) is 0. The van der Waals surface area contributed by atoms with E-state index in [4.69, 9.17) is 4.74 Å². The zero-order valence-electron chi connectivity index (χ0n) is 13.7. The first kappa shape index (κ1) is 15.6. The Morgan fingerprint density at radius 2 is 2.04 bits per heavy atom. The van der Waals surface area contributed by atoms with Crippen molar-refractivity contribution in [2.45, 2.75) is 0 Å². The number of halogens is 1. The van der Waals surface area contributed by atoms with Crippen LogP contribution in [0.15, 0.2) is 49.1 Å². The standard InChI is InChI=1S/C18H15FN4OS/c1-20-11-3-4-15(12(19)7-11)24-16-5-6-21-13-8-17(25-18(13)16)14-9-23(2)10-22-14/h3-10,20H,1-2H3. The minimum absolute atomic E-state index is 0.180. The third-order valence-electron chi connectivity index (χ3n) is 3.77. The van der Waals surface area contributed by atoms with Gasteiger partial charge in [0.1, 0.15) is 5.75 Å². The summed E-state index contributed by atoms with van der Waals surface area (Å²) in [5.41, 5.74) is 2.37. The van der Waals surface area contributed by atoms with Gasteiger partial charge in [0.25, 0.3) is 0 Å². The van der Waals surface area contributed by atoms with Gasteiger partial charge in [-0.1, -0.05) is 0 Å². The molecule has 4 rings (SSSR count). The number of aryl methyl sites for hydroxylation is 1. The molecule has 0 atom stereocenters. The monoisotopic (exact) mass is 354 g/mol. The summed E-state index contributed by atoms with van der Waals surface area (Å²) in [6.07, 6.45) is 5.36. The van der Waals surface area contributed by atoms with Crippen LogP contribution in [0.4, 0.5) is 10.1 Å². The van der Waals surface area contributed by atoms with Crippen molar-refractivity contribution in [3.05, 3.63) is 54.9 Å². The summed E-state index contributed by atoms with van der Waals surface area (Å²) < 4.78 is 22.8. The first-order valence-corrected chi connectivity index (χ1v) is 8.48.